The first-order valence-electron chi connectivity index (χ1n) is 8.29. The topological polar surface area (TPSA) is 74.8 Å². The third-order valence-corrected chi connectivity index (χ3v) is 5.72. The average Bonchev–Trinajstić information content (AvgIpc) is 3.03. The smallest absolute Gasteiger partial charge is 0.238 e. The lowest BCUT2D eigenvalue weighted by atomic mass is 10.0. The summed E-state index contributed by atoms with van der Waals surface area (Å²) in [6, 6.07) is 22.3. The predicted octanol–water partition coefficient (Wildman–Crippen LogP) is 4.83. The highest BCUT2D eigenvalue weighted by molar-refractivity contribution is 7.91. The molecule has 0 atom stereocenters. The molecule has 1 aromatic heterocycles. The van der Waals surface area contributed by atoms with E-state index in [9.17, 15) is 8.42 Å². The van der Waals surface area contributed by atoms with Crippen LogP contribution < -0.4 is 4.72 Å². The van der Waals surface area contributed by atoms with Crippen molar-refractivity contribution in [1.82, 2.24) is 10.2 Å². The molecule has 0 aliphatic carbocycles. The van der Waals surface area contributed by atoms with Crippen molar-refractivity contribution in [2.75, 3.05) is 4.72 Å². The van der Waals surface area contributed by atoms with Gasteiger partial charge in [-0.15, -0.1) is 0 Å². The highest BCUT2D eigenvalue weighted by Gasteiger charge is 2.17. The summed E-state index contributed by atoms with van der Waals surface area (Å²) in [6.07, 6.45) is 0. The van der Waals surface area contributed by atoms with E-state index in [1.54, 1.807) is 18.2 Å². The van der Waals surface area contributed by atoms with Crippen molar-refractivity contribution in [3.63, 3.8) is 0 Å². The van der Waals surface area contributed by atoms with Gasteiger partial charge in [-0.3, -0.25) is 9.82 Å². The van der Waals surface area contributed by atoms with Crippen molar-refractivity contribution in [3.05, 3.63) is 83.4 Å². The lowest BCUT2D eigenvalue weighted by Gasteiger charge is -2.08. The molecule has 0 aliphatic rings. The second-order valence-electron chi connectivity index (χ2n) is 6.16. The lowest BCUT2D eigenvalue weighted by molar-refractivity contribution is 0.600. The summed E-state index contributed by atoms with van der Waals surface area (Å²) in [7, 11) is -3.60. The number of rotatable bonds is 5. The molecule has 5 nitrogen and oxygen atoms in total. The van der Waals surface area contributed by atoms with E-state index >= 15 is 0 Å². The first-order chi connectivity index (χ1) is 13.0. The number of fused-ring (bicyclic) bond motifs is 1. The van der Waals surface area contributed by atoms with Gasteiger partial charge in [0.05, 0.1) is 16.3 Å². The highest BCUT2D eigenvalue weighted by atomic mass is 35.5. The fraction of sp³-hybridized carbons (Fsp3) is 0.0500. The quantitative estimate of drug-likeness (QED) is 0.506. The standard InChI is InChI=1S/C20H16ClN3O2S/c21-18-12-19-17(11-16(18)15-9-5-2-6-10-15)20(23-22-19)24-27(25,26)13-14-7-3-1-4-8-14/h1-12H,13H2,(H2,22,23,24). The first-order valence-corrected chi connectivity index (χ1v) is 10.3. The van der Waals surface area contributed by atoms with Gasteiger partial charge in [0, 0.05) is 10.9 Å². The summed E-state index contributed by atoms with van der Waals surface area (Å²) < 4.78 is 27.7. The van der Waals surface area contributed by atoms with E-state index in [-0.39, 0.29) is 11.6 Å². The molecule has 0 saturated carbocycles. The second kappa shape index (κ2) is 7.06. The molecule has 0 fully saturated rings. The zero-order valence-electron chi connectivity index (χ0n) is 14.2. The summed E-state index contributed by atoms with van der Waals surface area (Å²) >= 11 is 6.40. The number of halogens is 1. The van der Waals surface area contributed by atoms with Gasteiger partial charge in [0.25, 0.3) is 0 Å². The number of sulfonamides is 1. The Morgan fingerprint density at radius 3 is 2.33 bits per heavy atom. The third-order valence-electron chi connectivity index (χ3n) is 4.19. The van der Waals surface area contributed by atoms with Crippen LogP contribution in [0.15, 0.2) is 72.8 Å². The Labute approximate surface area is 162 Å². The van der Waals surface area contributed by atoms with E-state index in [1.807, 2.05) is 54.6 Å². The molecule has 1 heterocycles. The van der Waals surface area contributed by atoms with Crippen LogP contribution in [0.1, 0.15) is 5.56 Å². The minimum Gasteiger partial charge on any atom is -0.276 e. The number of aromatic nitrogens is 2. The third kappa shape index (κ3) is 3.82. The SMILES string of the molecule is O=S(=O)(Cc1ccccc1)Nc1n[nH]c2cc(Cl)c(-c3ccccc3)cc12. The van der Waals surface area contributed by atoms with Crippen molar-refractivity contribution in [2.24, 2.45) is 0 Å². The number of aromatic amines is 1. The number of hydrogen-bond acceptors (Lipinski definition) is 3. The molecule has 0 radical (unpaired) electrons. The minimum atomic E-state index is -3.60. The van der Waals surface area contributed by atoms with Gasteiger partial charge in [-0.25, -0.2) is 8.42 Å². The maximum Gasteiger partial charge on any atom is 0.238 e. The number of benzene rings is 3. The van der Waals surface area contributed by atoms with Crippen molar-refractivity contribution in [2.45, 2.75) is 5.75 Å². The number of nitrogens with one attached hydrogen (secondary N) is 2. The molecular formula is C20H16ClN3O2S. The van der Waals surface area contributed by atoms with Gasteiger partial charge in [-0.05, 0) is 23.3 Å². The van der Waals surface area contributed by atoms with Crippen LogP contribution in [-0.2, 0) is 15.8 Å². The predicted molar refractivity (Wildman–Crippen MR) is 109 cm³/mol. The van der Waals surface area contributed by atoms with Gasteiger partial charge in [-0.2, -0.15) is 5.10 Å². The largest absolute Gasteiger partial charge is 0.276 e. The maximum absolute atomic E-state index is 12.5. The number of anilines is 1. The van der Waals surface area contributed by atoms with Crippen molar-refractivity contribution in [1.29, 1.82) is 0 Å². The molecule has 7 heteroatoms. The minimum absolute atomic E-state index is 0.124. The molecule has 0 amide bonds. The lowest BCUT2D eigenvalue weighted by Crippen LogP contribution is -2.15. The Bertz CT molecular complexity index is 1190. The zero-order chi connectivity index (χ0) is 18.9. The molecule has 3 aromatic carbocycles. The van der Waals surface area contributed by atoms with E-state index in [0.29, 0.717) is 21.5 Å². The molecule has 2 N–H and O–H groups in total. The molecule has 0 bridgehead atoms. The average molecular weight is 398 g/mol. The zero-order valence-corrected chi connectivity index (χ0v) is 15.8. The van der Waals surface area contributed by atoms with Crippen LogP contribution in [0, 0.1) is 0 Å². The van der Waals surface area contributed by atoms with E-state index in [4.69, 9.17) is 11.6 Å². The van der Waals surface area contributed by atoms with Crippen LogP contribution in [0.4, 0.5) is 5.82 Å². The van der Waals surface area contributed by atoms with E-state index < -0.39 is 10.0 Å². The van der Waals surface area contributed by atoms with E-state index in [2.05, 4.69) is 14.9 Å². The fourth-order valence-corrected chi connectivity index (χ4v) is 4.36. The van der Waals surface area contributed by atoms with Gasteiger partial charge >= 0.3 is 0 Å². The van der Waals surface area contributed by atoms with Crippen LogP contribution in [-0.4, -0.2) is 18.6 Å². The second-order valence-corrected chi connectivity index (χ2v) is 8.29. The number of hydrogen-bond donors (Lipinski definition) is 2. The van der Waals surface area contributed by atoms with Gasteiger partial charge in [-0.1, -0.05) is 72.3 Å². The summed E-state index contributed by atoms with van der Waals surface area (Å²) in [5.74, 6) is 0.135. The van der Waals surface area contributed by atoms with Crippen LogP contribution in [0.3, 0.4) is 0 Å². The molecule has 4 aromatic rings. The molecule has 4 rings (SSSR count). The van der Waals surface area contributed by atoms with E-state index in [0.717, 1.165) is 11.1 Å². The molecule has 0 aliphatic heterocycles. The Balaban J connectivity index is 1.70. The van der Waals surface area contributed by atoms with Crippen LogP contribution in [0.25, 0.3) is 22.0 Å². The molecule has 27 heavy (non-hydrogen) atoms. The first kappa shape index (κ1) is 17.6. The van der Waals surface area contributed by atoms with Gasteiger partial charge < -0.3 is 0 Å². The molecule has 0 unspecified atom stereocenters. The number of nitrogens with zero attached hydrogens (tertiary/aromatic N) is 1. The van der Waals surface area contributed by atoms with Crippen LogP contribution in [0.2, 0.25) is 5.02 Å². The van der Waals surface area contributed by atoms with Gasteiger partial charge in [0.1, 0.15) is 0 Å². The van der Waals surface area contributed by atoms with Crippen LogP contribution >= 0.6 is 11.6 Å². The summed E-state index contributed by atoms with van der Waals surface area (Å²) in [4.78, 5) is 0. The molecule has 0 spiro atoms. The van der Waals surface area contributed by atoms with Crippen LogP contribution in [0.5, 0.6) is 0 Å². The van der Waals surface area contributed by atoms with Crippen molar-refractivity contribution in [3.8, 4) is 11.1 Å². The van der Waals surface area contributed by atoms with Crippen molar-refractivity contribution >= 4 is 38.3 Å². The van der Waals surface area contributed by atoms with Gasteiger partial charge in [0.15, 0.2) is 5.82 Å². The Morgan fingerprint density at radius 2 is 1.63 bits per heavy atom. The molecule has 136 valence electrons. The van der Waals surface area contributed by atoms with E-state index in [1.165, 1.54) is 0 Å². The highest BCUT2D eigenvalue weighted by Crippen LogP contribution is 2.34. The normalized spacial score (nSPS) is 11.6. The summed E-state index contributed by atoms with van der Waals surface area (Å²) in [5.41, 5.74) is 3.13. The Hall–Kier alpha value is -2.83. The maximum atomic E-state index is 12.5. The molecular weight excluding hydrogens is 382 g/mol. The monoisotopic (exact) mass is 397 g/mol. The number of H-pyrrole nitrogens is 1. The Morgan fingerprint density at radius 1 is 0.963 bits per heavy atom. The van der Waals surface area contributed by atoms with Gasteiger partial charge in [0.2, 0.25) is 10.0 Å². The molecule has 0 saturated heterocycles. The summed E-state index contributed by atoms with van der Waals surface area (Å²) in [5, 5.41) is 8.18. The fourth-order valence-electron chi connectivity index (χ4n) is 2.93. The summed E-state index contributed by atoms with van der Waals surface area (Å²) in [6.45, 7) is 0. The Kier molecular flexibility index (Phi) is 4.59. The van der Waals surface area contributed by atoms with Crippen molar-refractivity contribution < 1.29 is 8.42 Å².